The van der Waals surface area contributed by atoms with Gasteiger partial charge in [0.15, 0.2) is 0 Å². The van der Waals surface area contributed by atoms with Crippen LogP contribution in [-0.2, 0) is 0 Å². The number of hydrogen-bond acceptors (Lipinski definition) is 2. The molecule has 1 atom stereocenters. The van der Waals surface area contributed by atoms with E-state index in [-0.39, 0.29) is 0 Å². The second-order valence-corrected chi connectivity index (χ2v) is 3.65. The lowest BCUT2D eigenvalue weighted by atomic mass is 10.3. The van der Waals surface area contributed by atoms with E-state index < -0.39 is 0 Å². The van der Waals surface area contributed by atoms with Gasteiger partial charge in [-0.05, 0) is 18.2 Å². The Kier molecular flexibility index (Phi) is 1.67. The fourth-order valence-electron chi connectivity index (χ4n) is 1.23. The minimum Gasteiger partial charge on any atom is -0.269 e. The molecular weight excluding hydrogens is 144 g/mol. The summed E-state index contributed by atoms with van der Waals surface area (Å²) in [6, 6.07) is 2.66. The molecule has 1 aliphatic heterocycles. The third-order valence-electron chi connectivity index (χ3n) is 1.80. The zero-order chi connectivity index (χ0) is 6.81. The van der Waals surface area contributed by atoms with Gasteiger partial charge in [0.25, 0.3) is 0 Å². The largest absolute Gasteiger partial charge is 0.269 e. The molecule has 0 spiro atoms. The van der Waals surface area contributed by atoms with Crippen LogP contribution >= 0.6 is 11.8 Å². The van der Waals surface area contributed by atoms with E-state index >= 15 is 0 Å². The van der Waals surface area contributed by atoms with Gasteiger partial charge in [0.2, 0.25) is 0 Å². The van der Waals surface area contributed by atoms with Crippen molar-refractivity contribution in [1.29, 1.82) is 0 Å². The van der Waals surface area contributed by atoms with E-state index in [2.05, 4.69) is 16.0 Å². The predicted octanol–water partition coefficient (Wildman–Crippen LogP) is 1.56. The van der Waals surface area contributed by atoms with Crippen LogP contribution in [-0.4, -0.2) is 21.3 Å². The average molecular weight is 154 g/mol. The second-order valence-electron chi connectivity index (χ2n) is 2.50. The van der Waals surface area contributed by atoms with Crippen LogP contribution in [0, 0.1) is 0 Å². The molecule has 1 aliphatic rings. The molecule has 0 radical (unpaired) electrons. The second kappa shape index (κ2) is 2.66. The molecule has 0 aromatic carbocycles. The minimum absolute atomic E-state index is 0.667. The van der Waals surface area contributed by atoms with Gasteiger partial charge in [-0.1, -0.05) is 0 Å². The van der Waals surface area contributed by atoms with Crippen LogP contribution in [0.4, 0.5) is 0 Å². The lowest BCUT2D eigenvalue weighted by molar-refractivity contribution is 0.502. The molecule has 0 amide bonds. The van der Waals surface area contributed by atoms with Crippen molar-refractivity contribution < 1.29 is 0 Å². The molecule has 2 nitrogen and oxygen atoms in total. The number of hydrogen-bond donors (Lipinski definition) is 0. The molecule has 2 rings (SSSR count). The van der Waals surface area contributed by atoms with Crippen molar-refractivity contribution in [2.45, 2.75) is 12.5 Å². The van der Waals surface area contributed by atoms with Crippen molar-refractivity contribution in [2.75, 3.05) is 11.5 Å². The molecule has 2 heterocycles. The monoisotopic (exact) mass is 154 g/mol. The lowest BCUT2D eigenvalue weighted by Gasteiger charge is -2.06. The first-order chi connectivity index (χ1) is 4.97. The van der Waals surface area contributed by atoms with Gasteiger partial charge in [-0.25, -0.2) is 0 Å². The van der Waals surface area contributed by atoms with Crippen molar-refractivity contribution >= 4 is 11.8 Å². The molecular formula is C7H10N2S. The third kappa shape index (κ3) is 1.06. The van der Waals surface area contributed by atoms with Gasteiger partial charge in [-0.2, -0.15) is 16.9 Å². The maximum absolute atomic E-state index is 4.20. The molecule has 0 aliphatic carbocycles. The molecule has 10 heavy (non-hydrogen) atoms. The Bertz CT molecular complexity index is 189. The maximum atomic E-state index is 4.20. The molecule has 0 N–H and O–H groups in total. The van der Waals surface area contributed by atoms with Gasteiger partial charge in [-0.3, -0.25) is 4.68 Å². The summed E-state index contributed by atoms with van der Waals surface area (Å²) in [5, 5.41) is 4.20. The summed E-state index contributed by atoms with van der Waals surface area (Å²) in [5.74, 6) is 2.53. The first-order valence-electron chi connectivity index (χ1n) is 3.54. The summed E-state index contributed by atoms with van der Waals surface area (Å²) in [7, 11) is 0. The smallest absolute Gasteiger partial charge is 0.0617 e. The average Bonchev–Trinajstić information content (AvgIpc) is 2.59. The molecule has 1 unspecified atom stereocenters. The summed E-state index contributed by atoms with van der Waals surface area (Å²) in [5.41, 5.74) is 0. The molecule has 0 bridgehead atoms. The Morgan fingerprint density at radius 1 is 1.60 bits per heavy atom. The van der Waals surface area contributed by atoms with E-state index in [1.807, 2.05) is 24.0 Å². The Hall–Kier alpha value is -0.440. The minimum atomic E-state index is 0.667. The Labute approximate surface area is 64.6 Å². The van der Waals surface area contributed by atoms with Gasteiger partial charge < -0.3 is 0 Å². The van der Waals surface area contributed by atoms with Crippen LogP contribution in [0.5, 0.6) is 0 Å². The fourth-order valence-corrected chi connectivity index (χ4v) is 2.42. The quantitative estimate of drug-likeness (QED) is 0.611. The highest BCUT2D eigenvalue weighted by Crippen LogP contribution is 2.26. The Morgan fingerprint density at radius 2 is 2.60 bits per heavy atom. The standard InChI is InChI=1S/C7H10N2S/c1-3-8-9(4-1)7-2-5-10-6-7/h1,3-4,7H,2,5-6H2. The van der Waals surface area contributed by atoms with Gasteiger partial charge in [0.1, 0.15) is 0 Å². The van der Waals surface area contributed by atoms with Crippen molar-refractivity contribution in [3.63, 3.8) is 0 Å². The number of thioether (sulfide) groups is 1. The van der Waals surface area contributed by atoms with Crippen LogP contribution in [0.25, 0.3) is 0 Å². The van der Waals surface area contributed by atoms with E-state index in [4.69, 9.17) is 0 Å². The molecule has 1 fully saturated rings. The molecule has 1 aromatic rings. The van der Waals surface area contributed by atoms with E-state index in [0.29, 0.717) is 6.04 Å². The molecule has 54 valence electrons. The SMILES string of the molecule is c1cnn(C2CCSC2)c1. The Morgan fingerprint density at radius 3 is 3.20 bits per heavy atom. The van der Waals surface area contributed by atoms with E-state index in [1.165, 1.54) is 17.9 Å². The molecule has 0 saturated carbocycles. The first kappa shape index (κ1) is 6.28. The van der Waals surface area contributed by atoms with Crippen LogP contribution < -0.4 is 0 Å². The maximum Gasteiger partial charge on any atom is 0.0617 e. The van der Waals surface area contributed by atoms with Crippen molar-refractivity contribution in [3.05, 3.63) is 18.5 Å². The van der Waals surface area contributed by atoms with Crippen molar-refractivity contribution in [3.8, 4) is 0 Å². The topological polar surface area (TPSA) is 17.8 Å². The van der Waals surface area contributed by atoms with E-state index in [0.717, 1.165) is 0 Å². The van der Waals surface area contributed by atoms with Gasteiger partial charge in [0, 0.05) is 18.1 Å². The van der Waals surface area contributed by atoms with Crippen LogP contribution in [0.15, 0.2) is 18.5 Å². The third-order valence-corrected chi connectivity index (χ3v) is 2.95. The highest BCUT2D eigenvalue weighted by Gasteiger charge is 2.16. The van der Waals surface area contributed by atoms with Gasteiger partial charge >= 0.3 is 0 Å². The highest BCUT2D eigenvalue weighted by molar-refractivity contribution is 7.99. The van der Waals surface area contributed by atoms with Crippen LogP contribution in [0.1, 0.15) is 12.5 Å². The summed E-state index contributed by atoms with van der Waals surface area (Å²) in [6.45, 7) is 0. The molecule has 1 saturated heterocycles. The summed E-state index contributed by atoms with van der Waals surface area (Å²) < 4.78 is 2.07. The Balaban J connectivity index is 2.12. The zero-order valence-corrected chi connectivity index (χ0v) is 6.55. The number of rotatable bonds is 1. The summed E-state index contributed by atoms with van der Waals surface area (Å²) >= 11 is 2.02. The van der Waals surface area contributed by atoms with Crippen molar-refractivity contribution in [2.24, 2.45) is 0 Å². The van der Waals surface area contributed by atoms with Crippen LogP contribution in [0.2, 0.25) is 0 Å². The van der Waals surface area contributed by atoms with E-state index in [9.17, 15) is 0 Å². The van der Waals surface area contributed by atoms with Crippen molar-refractivity contribution in [1.82, 2.24) is 9.78 Å². The fraction of sp³-hybridized carbons (Fsp3) is 0.571. The summed E-state index contributed by atoms with van der Waals surface area (Å²) in [6.07, 6.45) is 5.19. The van der Waals surface area contributed by atoms with Gasteiger partial charge in [-0.15, -0.1) is 0 Å². The predicted molar refractivity (Wildman–Crippen MR) is 43.2 cm³/mol. The summed E-state index contributed by atoms with van der Waals surface area (Å²) in [4.78, 5) is 0. The normalized spacial score (nSPS) is 25.4. The highest BCUT2D eigenvalue weighted by atomic mass is 32.2. The molecule has 1 aromatic heterocycles. The molecule has 3 heteroatoms. The van der Waals surface area contributed by atoms with Gasteiger partial charge in [0.05, 0.1) is 6.04 Å². The first-order valence-corrected chi connectivity index (χ1v) is 4.69. The number of aromatic nitrogens is 2. The zero-order valence-electron chi connectivity index (χ0n) is 5.73. The number of nitrogens with zero attached hydrogens (tertiary/aromatic N) is 2. The van der Waals surface area contributed by atoms with Crippen LogP contribution in [0.3, 0.4) is 0 Å². The van der Waals surface area contributed by atoms with E-state index in [1.54, 1.807) is 0 Å². The lowest BCUT2D eigenvalue weighted by Crippen LogP contribution is -2.07.